The smallest absolute Gasteiger partial charge is 0.306 e. The Balaban J connectivity index is 4.97. The predicted molar refractivity (Wildman–Crippen MR) is 275 cm³/mol. The number of nitrogens with zero attached hydrogens (tertiary/aromatic N) is 1. The van der Waals surface area contributed by atoms with Gasteiger partial charge in [0.05, 0.1) is 19.8 Å². The first-order valence-electron chi connectivity index (χ1n) is 25.5. The van der Waals surface area contributed by atoms with Crippen LogP contribution in [-0.2, 0) is 23.8 Å². The van der Waals surface area contributed by atoms with Crippen molar-refractivity contribution in [3.63, 3.8) is 0 Å². The summed E-state index contributed by atoms with van der Waals surface area (Å²) < 4.78 is 17.8. The maximum atomic E-state index is 13.1. The molecule has 0 rings (SSSR count). The Bertz CT molecular complexity index is 823. The molecular formula is C50H99NO6S4. The van der Waals surface area contributed by atoms with Gasteiger partial charge in [-0.05, 0) is 81.4 Å². The van der Waals surface area contributed by atoms with Crippen molar-refractivity contribution in [1.29, 1.82) is 0 Å². The summed E-state index contributed by atoms with van der Waals surface area (Å²) in [7, 11) is 2.15. The van der Waals surface area contributed by atoms with Crippen LogP contribution in [0, 0.1) is 0 Å². The lowest BCUT2D eigenvalue weighted by atomic mass is 10.0. The number of thioether (sulfide) groups is 4. The molecule has 0 bridgehead atoms. The minimum Gasteiger partial charge on any atom is -0.461 e. The number of ether oxygens (including phenoxy) is 3. The third-order valence-corrected chi connectivity index (χ3v) is 15.9. The van der Waals surface area contributed by atoms with Gasteiger partial charge in [0.25, 0.3) is 0 Å². The molecule has 0 amide bonds. The number of carbonyl (C=O) groups is 2. The molecule has 0 radical (unpaired) electrons. The first kappa shape index (κ1) is 61.2. The van der Waals surface area contributed by atoms with E-state index in [2.05, 4.69) is 39.6 Å². The first-order valence-corrected chi connectivity index (χ1v) is 30.1. The van der Waals surface area contributed by atoms with Crippen molar-refractivity contribution in [3.05, 3.63) is 0 Å². The molecule has 364 valence electrons. The number of esters is 2. The Morgan fingerprint density at radius 1 is 0.475 bits per heavy atom. The molecule has 0 aromatic rings. The summed E-state index contributed by atoms with van der Waals surface area (Å²) in [6.07, 6.45) is 32.4. The lowest BCUT2D eigenvalue weighted by Crippen LogP contribution is -2.34. The largest absolute Gasteiger partial charge is 0.461 e. The van der Waals surface area contributed by atoms with Crippen LogP contribution in [0.3, 0.4) is 0 Å². The second-order valence-electron chi connectivity index (χ2n) is 17.1. The molecule has 1 N–H and O–H groups in total. The molecule has 0 aliphatic carbocycles. The van der Waals surface area contributed by atoms with Crippen molar-refractivity contribution in [2.24, 2.45) is 0 Å². The number of rotatable bonds is 50. The fourth-order valence-electron chi connectivity index (χ4n) is 7.25. The van der Waals surface area contributed by atoms with Crippen LogP contribution in [0.1, 0.15) is 207 Å². The molecule has 0 saturated heterocycles. The third kappa shape index (κ3) is 43.9. The zero-order chi connectivity index (χ0) is 44.7. The molecule has 0 atom stereocenters. The van der Waals surface area contributed by atoms with Crippen molar-refractivity contribution < 1.29 is 28.9 Å². The molecule has 0 aliphatic rings. The van der Waals surface area contributed by atoms with Crippen molar-refractivity contribution >= 4 is 59.0 Å². The molecule has 0 saturated carbocycles. The quantitative estimate of drug-likeness (QED) is 0.0467. The minimum absolute atomic E-state index is 0.00768. The highest BCUT2D eigenvalue weighted by atomic mass is 32.2. The van der Waals surface area contributed by atoms with Crippen LogP contribution in [0.4, 0.5) is 0 Å². The second-order valence-corrected chi connectivity index (χ2v) is 21.7. The van der Waals surface area contributed by atoms with Crippen molar-refractivity contribution in [1.82, 2.24) is 4.90 Å². The summed E-state index contributed by atoms with van der Waals surface area (Å²) in [5, 5.41) is 9.17. The molecule has 11 heteroatoms. The van der Waals surface area contributed by atoms with Gasteiger partial charge in [0.2, 0.25) is 0 Å². The third-order valence-electron chi connectivity index (χ3n) is 11.2. The average Bonchev–Trinajstić information content (AvgIpc) is 3.25. The summed E-state index contributed by atoms with van der Waals surface area (Å²) in [4.78, 5) is 28.6. The Hall–Kier alpha value is 0.220. The SMILES string of the molecule is CCCCCCCSCC(CSCCCCCCC)OC(=O)CCCCC(CCCCC(=O)OC(CSCCCCCCC)CSCCCCCCC)N(C)CCOCCO. The first-order chi connectivity index (χ1) is 29.9. The van der Waals surface area contributed by atoms with E-state index in [1.54, 1.807) is 0 Å². The molecule has 0 fully saturated rings. The van der Waals surface area contributed by atoms with Gasteiger partial charge in [0.1, 0.15) is 12.2 Å². The highest BCUT2D eigenvalue weighted by Crippen LogP contribution is 2.21. The van der Waals surface area contributed by atoms with Gasteiger partial charge in [-0.1, -0.05) is 143 Å². The van der Waals surface area contributed by atoms with E-state index in [4.69, 9.17) is 19.3 Å². The lowest BCUT2D eigenvalue weighted by Gasteiger charge is -2.28. The van der Waals surface area contributed by atoms with Crippen LogP contribution < -0.4 is 0 Å². The van der Waals surface area contributed by atoms with E-state index in [9.17, 15) is 9.59 Å². The van der Waals surface area contributed by atoms with E-state index in [1.165, 1.54) is 128 Å². The van der Waals surface area contributed by atoms with Crippen molar-refractivity contribution in [2.75, 3.05) is 79.4 Å². The van der Waals surface area contributed by atoms with Gasteiger partial charge in [-0.15, -0.1) is 0 Å². The van der Waals surface area contributed by atoms with Gasteiger partial charge in [-0.3, -0.25) is 9.59 Å². The zero-order valence-electron chi connectivity index (χ0n) is 40.6. The number of aliphatic hydroxyl groups is 1. The zero-order valence-corrected chi connectivity index (χ0v) is 43.9. The van der Waals surface area contributed by atoms with Crippen LogP contribution in [0.2, 0.25) is 0 Å². The second kappa shape index (κ2) is 49.6. The van der Waals surface area contributed by atoms with E-state index >= 15 is 0 Å². The van der Waals surface area contributed by atoms with Crippen LogP contribution >= 0.6 is 47.0 Å². The van der Waals surface area contributed by atoms with Crippen LogP contribution in [-0.4, -0.2) is 120 Å². The predicted octanol–water partition coefficient (Wildman–Crippen LogP) is 14.1. The molecule has 7 nitrogen and oxygen atoms in total. The van der Waals surface area contributed by atoms with Crippen LogP contribution in [0.25, 0.3) is 0 Å². The van der Waals surface area contributed by atoms with E-state index in [1.807, 2.05) is 47.0 Å². The maximum Gasteiger partial charge on any atom is 0.306 e. The number of hydrogen-bond acceptors (Lipinski definition) is 11. The van der Waals surface area contributed by atoms with E-state index < -0.39 is 0 Å². The van der Waals surface area contributed by atoms with Crippen molar-refractivity contribution in [2.45, 2.75) is 226 Å². The highest BCUT2D eigenvalue weighted by Gasteiger charge is 2.19. The Morgan fingerprint density at radius 3 is 1.15 bits per heavy atom. The van der Waals surface area contributed by atoms with Gasteiger partial charge in [-0.25, -0.2) is 0 Å². The van der Waals surface area contributed by atoms with Gasteiger partial charge >= 0.3 is 11.9 Å². The number of likely N-dealkylation sites (N-methyl/N-ethyl adjacent to an activating group) is 1. The summed E-state index contributed by atoms with van der Waals surface area (Å²) in [6.45, 7) is 10.8. The van der Waals surface area contributed by atoms with Gasteiger partial charge in [0.15, 0.2) is 0 Å². The summed E-state index contributed by atoms with van der Waals surface area (Å²) in [6, 6.07) is 0.343. The topological polar surface area (TPSA) is 85.3 Å². The monoisotopic (exact) mass is 938 g/mol. The molecule has 0 aromatic heterocycles. The molecule has 61 heavy (non-hydrogen) atoms. The molecule has 0 unspecified atom stereocenters. The summed E-state index contributed by atoms with van der Waals surface area (Å²) in [5.74, 6) is 8.11. The Kier molecular flexibility index (Phi) is 49.8. The maximum absolute atomic E-state index is 13.1. The number of unbranched alkanes of at least 4 members (excludes halogenated alkanes) is 18. The van der Waals surface area contributed by atoms with E-state index in [0.717, 1.165) is 91.1 Å². The minimum atomic E-state index is -0.0491. The number of aliphatic hydroxyl groups excluding tert-OH is 1. The lowest BCUT2D eigenvalue weighted by molar-refractivity contribution is -0.148. The summed E-state index contributed by atoms with van der Waals surface area (Å²) in [5.41, 5.74) is 0. The highest BCUT2D eigenvalue weighted by molar-refractivity contribution is 8.00. The van der Waals surface area contributed by atoms with E-state index in [0.29, 0.717) is 32.1 Å². The summed E-state index contributed by atoms with van der Waals surface area (Å²) >= 11 is 7.83. The van der Waals surface area contributed by atoms with Crippen LogP contribution in [0.15, 0.2) is 0 Å². The molecule has 0 heterocycles. The van der Waals surface area contributed by atoms with Gasteiger partial charge in [0, 0.05) is 48.4 Å². The fourth-order valence-corrected chi connectivity index (χ4v) is 11.6. The van der Waals surface area contributed by atoms with E-state index in [-0.39, 0.29) is 30.8 Å². The molecular weight excluding hydrogens is 839 g/mol. The Morgan fingerprint density at radius 2 is 0.820 bits per heavy atom. The number of carbonyl (C=O) groups excluding carboxylic acids is 2. The van der Waals surface area contributed by atoms with Gasteiger partial charge < -0.3 is 24.2 Å². The van der Waals surface area contributed by atoms with Crippen LogP contribution in [0.5, 0.6) is 0 Å². The fraction of sp³-hybridized carbons (Fsp3) is 0.960. The average molecular weight is 939 g/mol. The van der Waals surface area contributed by atoms with Crippen molar-refractivity contribution in [3.8, 4) is 0 Å². The molecule has 0 aliphatic heterocycles. The normalized spacial score (nSPS) is 11.8. The molecule has 0 aromatic carbocycles. The molecule has 0 spiro atoms. The Labute approximate surface area is 395 Å². The van der Waals surface area contributed by atoms with Gasteiger partial charge in [-0.2, -0.15) is 47.0 Å². The number of hydrogen-bond donors (Lipinski definition) is 1. The standard InChI is InChI=1S/C50H99NO6S4/c1-6-10-14-18-26-38-58-42-47(43-59-39-27-19-15-11-7-2)56-49(53)32-24-22-30-46(51(5)34-36-55-37-35-52)31-23-25-33-50(54)57-48(44-60-40-28-20-16-12-8-3)45-61-41-29-21-17-13-9-4/h46-48,52H,6-45H2,1-5H3.